The molecule has 0 aromatic heterocycles. The van der Waals surface area contributed by atoms with Gasteiger partial charge in [0.15, 0.2) is 0 Å². The first kappa shape index (κ1) is 16.1. The number of halogens is 4. The van der Waals surface area contributed by atoms with Crippen molar-refractivity contribution in [3.8, 4) is 0 Å². The first-order valence-electron chi connectivity index (χ1n) is 6.16. The molecule has 2 rings (SSSR count). The molecule has 0 aliphatic rings. The van der Waals surface area contributed by atoms with Crippen molar-refractivity contribution in [3.63, 3.8) is 0 Å². The fraction of sp³-hybridized carbons (Fsp3) is 0.200. The topological polar surface area (TPSA) is 12.0 Å². The van der Waals surface area contributed by atoms with Crippen LogP contribution in [0.3, 0.4) is 0 Å². The molecule has 106 valence electrons. The fourth-order valence-corrected chi connectivity index (χ4v) is 3.52. The molecule has 0 aliphatic carbocycles. The van der Waals surface area contributed by atoms with Crippen molar-refractivity contribution in [2.45, 2.75) is 13.0 Å². The molecule has 5 heteroatoms. The van der Waals surface area contributed by atoms with Crippen molar-refractivity contribution in [2.75, 3.05) is 6.54 Å². The molecule has 1 nitrogen and oxygen atoms in total. The average molecular weight is 466 g/mol. The van der Waals surface area contributed by atoms with Gasteiger partial charge in [-0.05, 0) is 42.4 Å². The number of nitrogens with one attached hydrogen (secondary N) is 1. The van der Waals surface area contributed by atoms with Gasteiger partial charge in [0.25, 0.3) is 0 Å². The second-order valence-electron chi connectivity index (χ2n) is 4.29. The van der Waals surface area contributed by atoms with Gasteiger partial charge >= 0.3 is 0 Å². The predicted molar refractivity (Wildman–Crippen MR) is 91.5 cm³/mol. The number of benzene rings is 2. The van der Waals surface area contributed by atoms with Gasteiger partial charge in [-0.1, -0.05) is 60.8 Å². The third-order valence-electron chi connectivity index (χ3n) is 2.97. The SMILES string of the molecule is CCNC(c1cc(Br)ccc1Br)c1c(F)cccc1Br. The molecule has 0 amide bonds. The zero-order valence-corrected chi connectivity index (χ0v) is 15.5. The molecule has 1 unspecified atom stereocenters. The molecule has 0 saturated carbocycles. The highest BCUT2D eigenvalue weighted by Gasteiger charge is 2.22. The van der Waals surface area contributed by atoms with Gasteiger partial charge in [0, 0.05) is 19.0 Å². The van der Waals surface area contributed by atoms with Crippen LogP contribution in [0.4, 0.5) is 4.39 Å². The summed E-state index contributed by atoms with van der Waals surface area (Å²) in [5.41, 5.74) is 1.61. The van der Waals surface area contributed by atoms with Gasteiger partial charge in [0.2, 0.25) is 0 Å². The monoisotopic (exact) mass is 463 g/mol. The lowest BCUT2D eigenvalue weighted by Crippen LogP contribution is -2.24. The van der Waals surface area contributed by atoms with E-state index in [0.29, 0.717) is 5.56 Å². The second-order valence-corrected chi connectivity index (χ2v) is 6.92. The Bertz CT molecular complexity index is 596. The Labute approximate surface area is 143 Å². The van der Waals surface area contributed by atoms with Gasteiger partial charge in [-0.3, -0.25) is 0 Å². The number of hydrogen-bond acceptors (Lipinski definition) is 1. The Kier molecular flexibility index (Phi) is 5.78. The molecule has 0 bridgehead atoms. The van der Waals surface area contributed by atoms with Crippen LogP contribution in [-0.4, -0.2) is 6.54 Å². The summed E-state index contributed by atoms with van der Waals surface area (Å²) in [6.07, 6.45) is 0. The Morgan fingerprint density at radius 3 is 2.50 bits per heavy atom. The van der Waals surface area contributed by atoms with Gasteiger partial charge in [-0.2, -0.15) is 0 Å². The Morgan fingerprint density at radius 2 is 1.85 bits per heavy atom. The van der Waals surface area contributed by atoms with E-state index in [0.717, 1.165) is 25.5 Å². The molecule has 20 heavy (non-hydrogen) atoms. The van der Waals surface area contributed by atoms with E-state index in [9.17, 15) is 4.39 Å². The second kappa shape index (κ2) is 7.16. The van der Waals surface area contributed by atoms with Gasteiger partial charge < -0.3 is 5.32 Å². The maximum Gasteiger partial charge on any atom is 0.129 e. The Balaban J connectivity index is 2.59. The van der Waals surface area contributed by atoms with Crippen LogP contribution in [0.1, 0.15) is 24.1 Å². The van der Waals surface area contributed by atoms with E-state index in [1.807, 2.05) is 31.2 Å². The van der Waals surface area contributed by atoms with Crippen LogP contribution in [0, 0.1) is 5.82 Å². The van der Waals surface area contributed by atoms with E-state index in [2.05, 4.69) is 53.1 Å². The highest BCUT2D eigenvalue weighted by atomic mass is 79.9. The van der Waals surface area contributed by atoms with Crippen molar-refractivity contribution < 1.29 is 4.39 Å². The third-order valence-corrected chi connectivity index (χ3v) is 4.87. The third kappa shape index (κ3) is 3.50. The molecular formula is C15H13Br3FN. The van der Waals surface area contributed by atoms with Crippen molar-refractivity contribution >= 4 is 47.8 Å². The first-order valence-corrected chi connectivity index (χ1v) is 8.54. The summed E-state index contributed by atoms with van der Waals surface area (Å²) in [5, 5.41) is 3.34. The molecule has 2 aromatic rings. The molecule has 0 spiro atoms. The maximum absolute atomic E-state index is 14.2. The van der Waals surface area contributed by atoms with Crippen molar-refractivity contribution in [1.29, 1.82) is 0 Å². The smallest absolute Gasteiger partial charge is 0.129 e. The summed E-state index contributed by atoms with van der Waals surface area (Å²) in [6.45, 7) is 2.75. The van der Waals surface area contributed by atoms with Crippen LogP contribution in [0.5, 0.6) is 0 Å². The lowest BCUT2D eigenvalue weighted by atomic mass is 9.98. The van der Waals surface area contributed by atoms with E-state index in [-0.39, 0.29) is 11.9 Å². The summed E-state index contributed by atoms with van der Waals surface area (Å²) >= 11 is 10.5. The van der Waals surface area contributed by atoms with Crippen LogP contribution < -0.4 is 5.32 Å². The first-order chi connectivity index (χ1) is 9.54. The van der Waals surface area contributed by atoms with Crippen LogP contribution in [0.15, 0.2) is 49.8 Å². The standard InChI is InChI=1S/C15H13Br3FN/c1-2-20-15(10-8-9(16)6-7-11(10)17)14-12(18)4-3-5-13(14)19/h3-8,15,20H,2H2,1H3. The van der Waals surface area contributed by atoms with Crippen LogP contribution in [-0.2, 0) is 0 Å². The minimum absolute atomic E-state index is 0.220. The maximum atomic E-state index is 14.2. The van der Waals surface area contributed by atoms with Crippen molar-refractivity contribution in [2.24, 2.45) is 0 Å². The van der Waals surface area contributed by atoms with Crippen molar-refractivity contribution in [3.05, 3.63) is 66.8 Å². The molecule has 1 N–H and O–H groups in total. The van der Waals surface area contributed by atoms with Crippen LogP contribution in [0.25, 0.3) is 0 Å². The van der Waals surface area contributed by atoms with E-state index in [1.54, 1.807) is 6.07 Å². The molecule has 2 aromatic carbocycles. The van der Waals surface area contributed by atoms with E-state index < -0.39 is 0 Å². The quantitative estimate of drug-likeness (QED) is 0.600. The van der Waals surface area contributed by atoms with E-state index in [1.165, 1.54) is 6.07 Å². The number of rotatable bonds is 4. The summed E-state index contributed by atoms with van der Waals surface area (Å²) in [7, 11) is 0. The minimum atomic E-state index is -0.225. The van der Waals surface area contributed by atoms with Gasteiger partial charge in [-0.25, -0.2) is 4.39 Å². The molecule has 0 aliphatic heterocycles. The molecular weight excluding hydrogens is 453 g/mol. The molecule has 0 heterocycles. The largest absolute Gasteiger partial charge is 0.306 e. The Hall–Kier alpha value is -0.230. The van der Waals surface area contributed by atoms with Gasteiger partial charge in [0.1, 0.15) is 5.82 Å². The van der Waals surface area contributed by atoms with E-state index in [4.69, 9.17) is 0 Å². The van der Waals surface area contributed by atoms with Crippen molar-refractivity contribution in [1.82, 2.24) is 5.32 Å². The molecule has 0 fully saturated rings. The summed E-state index contributed by atoms with van der Waals surface area (Å²) in [4.78, 5) is 0. The fourth-order valence-electron chi connectivity index (χ4n) is 2.09. The van der Waals surface area contributed by atoms with Crippen LogP contribution in [0.2, 0.25) is 0 Å². The summed E-state index contributed by atoms with van der Waals surface area (Å²) in [5.74, 6) is -0.225. The lowest BCUT2D eigenvalue weighted by Gasteiger charge is -2.22. The number of hydrogen-bond donors (Lipinski definition) is 1. The van der Waals surface area contributed by atoms with Gasteiger partial charge in [-0.15, -0.1) is 0 Å². The lowest BCUT2D eigenvalue weighted by molar-refractivity contribution is 0.555. The molecule has 1 atom stereocenters. The normalized spacial score (nSPS) is 12.4. The summed E-state index contributed by atoms with van der Waals surface area (Å²) in [6, 6.07) is 10.7. The average Bonchev–Trinajstić information content (AvgIpc) is 2.40. The highest BCUT2D eigenvalue weighted by Crippen LogP contribution is 2.35. The van der Waals surface area contributed by atoms with Gasteiger partial charge in [0.05, 0.1) is 6.04 Å². The highest BCUT2D eigenvalue weighted by molar-refractivity contribution is 9.11. The zero-order chi connectivity index (χ0) is 14.7. The zero-order valence-electron chi connectivity index (χ0n) is 10.8. The molecule has 0 saturated heterocycles. The summed E-state index contributed by atoms with van der Waals surface area (Å²) < 4.78 is 16.9. The molecule has 0 radical (unpaired) electrons. The predicted octanol–water partition coefficient (Wildman–Crippen LogP) is 5.81. The Morgan fingerprint density at radius 1 is 1.10 bits per heavy atom. The van der Waals surface area contributed by atoms with Crippen LogP contribution >= 0.6 is 47.8 Å². The minimum Gasteiger partial charge on any atom is -0.306 e. The van der Waals surface area contributed by atoms with E-state index >= 15 is 0 Å².